The fourth-order valence-corrected chi connectivity index (χ4v) is 6.67. The van der Waals surface area contributed by atoms with Gasteiger partial charge in [-0.2, -0.15) is 4.98 Å². The molecule has 0 radical (unpaired) electrons. The molecule has 1 spiro atoms. The molecule has 214 valence electrons. The number of halogens is 1. The minimum absolute atomic E-state index is 0.223. The van der Waals surface area contributed by atoms with Gasteiger partial charge < -0.3 is 33.6 Å². The van der Waals surface area contributed by atoms with E-state index in [1.54, 1.807) is 21.3 Å². The number of methoxy groups -OCH3 is 1. The number of nitrogens with zero attached hydrogens (tertiary/aromatic N) is 4. The number of rotatable bonds is 9. The molecule has 1 aromatic heterocycles. The van der Waals surface area contributed by atoms with Crippen LogP contribution in [0.1, 0.15) is 25.7 Å². The van der Waals surface area contributed by atoms with E-state index in [1.807, 2.05) is 30.3 Å². The van der Waals surface area contributed by atoms with E-state index in [4.69, 9.17) is 30.1 Å². The van der Waals surface area contributed by atoms with Crippen molar-refractivity contribution < 1.29 is 18.5 Å². The van der Waals surface area contributed by atoms with E-state index in [0.717, 1.165) is 29.8 Å². The van der Waals surface area contributed by atoms with Crippen molar-refractivity contribution in [3.05, 3.63) is 53.7 Å². The minimum atomic E-state index is -1.30. The number of hydrogen-bond donors (Lipinski definition) is 1. The fraction of sp³-hybridized carbons (Fsp3) is 0.448. The highest BCUT2D eigenvalue weighted by atomic mass is 35.5. The Kier molecular flexibility index (Phi) is 9.28. The van der Waals surface area contributed by atoms with Crippen molar-refractivity contribution in [3.63, 3.8) is 0 Å². The lowest BCUT2D eigenvalue weighted by Gasteiger charge is -2.47. The highest BCUT2D eigenvalue weighted by Crippen LogP contribution is 2.43. The van der Waals surface area contributed by atoms with E-state index in [1.165, 1.54) is 45.0 Å². The van der Waals surface area contributed by atoms with Gasteiger partial charge in [-0.15, -0.1) is 0 Å². The van der Waals surface area contributed by atoms with Crippen LogP contribution >= 0.6 is 20.0 Å². The Hall–Kier alpha value is -2.68. The highest BCUT2D eigenvalue weighted by Gasteiger charge is 2.37. The molecule has 0 amide bonds. The molecule has 3 aromatic rings. The Labute approximate surface area is 242 Å². The quantitative estimate of drug-likeness (QED) is 0.294. The molecular formula is C29H37ClN5O4P. The van der Waals surface area contributed by atoms with Gasteiger partial charge in [-0.05, 0) is 75.5 Å². The Morgan fingerprint density at radius 2 is 1.62 bits per heavy atom. The van der Waals surface area contributed by atoms with E-state index >= 15 is 0 Å². The van der Waals surface area contributed by atoms with Crippen molar-refractivity contribution in [2.75, 3.05) is 64.8 Å². The summed E-state index contributed by atoms with van der Waals surface area (Å²) in [4.78, 5) is 13.8. The first-order valence-corrected chi connectivity index (χ1v) is 15.1. The Morgan fingerprint density at radius 1 is 0.925 bits per heavy atom. The van der Waals surface area contributed by atoms with Gasteiger partial charge in [0.15, 0.2) is 0 Å². The predicted molar refractivity (Wildman–Crippen MR) is 161 cm³/mol. The van der Waals surface area contributed by atoms with Gasteiger partial charge in [-0.1, -0.05) is 23.7 Å². The molecule has 2 saturated heterocycles. The van der Waals surface area contributed by atoms with Crippen LogP contribution in [0.25, 0.3) is 0 Å². The average molecular weight is 586 g/mol. The summed E-state index contributed by atoms with van der Waals surface area (Å²) in [7, 11) is 5.80. The summed E-state index contributed by atoms with van der Waals surface area (Å²) in [5.74, 6) is 1.83. The molecule has 5 rings (SSSR count). The highest BCUT2D eigenvalue weighted by molar-refractivity contribution is 7.56. The number of likely N-dealkylation sites (tertiary alicyclic amines) is 1. The molecule has 0 saturated carbocycles. The Bertz CT molecular complexity index is 1290. The van der Waals surface area contributed by atoms with Crippen LogP contribution in [-0.2, 0) is 9.05 Å². The molecule has 0 unspecified atom stereocenters. The first-order chi connectivity index (χ1) is 19.4. The lowest BCUT2D eigenvalue weighted by Crippen LogP contribution is -2.46. The van der Waals surface area contributed by atoms with Crippen LogP contribution in [-0.4, -0.2) is 69.4 Å². The summed E-state index contributed by atoms with van der Waals surface area (Å²) in [6.45, 7) is 4.55. The fourth-order valence-electron chi connectivity index (χ4n) is 5.49. The SMILES string of the molecule is COc1cc(N2CCC3(CCN(C)CC3)CC2)ccc1Nc1ncc(Cl)c(Oc2ccccc2P(OC)OC)n1. The number of ether oxygens (including phenoxy) is 2. The lowest BCUT2D eigenvalue weighted by molar-refractivity contribution is 0.0945. The molecule has 2 aliphatic heterocycles. The van der Waals surface area contributed by atoms with E-state index < -0.39 is 8.38 Å². The summed E-state index contributed by atoms with van der Waals surface area (Å²) in [5.41, 5.74) is 2.43. The molecule has 2 aliphatic rings. The molecule has 2 fully saturated rings. The van der Waals surface area contributed by atoms with Crippen LogP contribution in [0.3, 0.4) is 0 Å². The minimum Gasteiger partial charge on any atom is -0.494 e. The molecular weight excluding hydrogens is 549 g/mol. The van der Waals surface area contributed by atoms with Gasteiger partial charge in [0.25, 0.3) is 0 Å². The van der Waals surface area contributed by atoms with Crippen molar-refractivity contribution in [3.8, 4) is 17.4 Å². The normalized spacial score (nSPS) is 17.3. The maximum Gasteiger partial charge on any atom is 0.243 e. The topological polar surface area (TPSA) is 81.2 Å². The maximum absolute atomic E-state index is 6.41. The van der Waals surface area contributed by atoms with Crippen LogP contribution < -0.4 is 25.0 Å². The van der Waals surface area contributed by atoms with E-state index in [9.17, 15) is 0 Å². The summed E-state index contributed by atoms with van der Waals surface area (Å²) in [6.07, 6.45) is 6.61. The molecule has 2 aromatic carbocycles. The molecule has 0 aliphatic carbocycles. The van der Waals surface area contributed by atoms with E-state index in [2.05, 4.69) is 44.3 Å². The standard InChI is InChI=1S/C29H37ClN5O4P/c1-34-15-11-29(12-16-34)13-17-35(18-14-29)21-9-10-23(25(19-21)36-2)32-28-31-20-22(30)27(33-28)39-24-7-5-6-8-26(24)40(37-3)38-4/h5-10,19-20H,11-18H2,1-4H3,(H,31,32,33). The van der Waals surface area contributed by atoms with E-state index in [-0.39, 0.29) is 10.9 Å². The molecule has 9 nitrogen and oxygen atoms in total. The smallest absolute Gasteiger partial charge is 0.243 e. The molecule has 3 heterocycles. The lowest BCUT2D eigenvalue weighted by atomic mass is 9.71. The zero-order valence-corrected chi connectivity index (χ0v) is 25.2. The van der Waals surface area contributed by atoms with Crippen LogP contribution in [0.2, 0.25) is 5.02 Å². The molecule has 1 N–H and O–H groups in total. The number of benzene rings is 2. The maximum atomic E-state index is 6.41. The monoisotopic (exact) mass is 585 g/mol. The number of piperidine rings is 2. The van der Waals surface area contributed by atoms with Gasteiger partial charge in [-0.3, -0.25) is 0 Å². The summed E-state index contributed by atoms with van der Waals surface area (Å²) in [6, 6.07) is 13.7. The molecule has 0 atom stereocenters. The second-order valence-electron chi connectivity index (χ2n) is 10.3. The van der Waals surface area contributed by atoms with Gasteiger partial charge in [0.2, 0.25) is 20.2 Å². The Morgan fingerprint density at radius 3 is 2.33 bits per heavy atom. The Balaban J connectivity index is 1.29. The van der Waals surface area contributed by atoms with Crippen molar-refractivity contribution >= 4 is 42.6 Å². The van der Waals surface area contributed by atoms with Crippen molar-refractivity contribution in [2.24, 2.45) is 5.41 Å². The van der Waals surface area contributed by atoms with Gasteiger partial charge in [0.05, 0.1) is 24.3 Å². The first-order valence-electron chi connectivity index (χ1n) is 13.5. The third-order valence-electron chi connectivity index (χ3n) is 7.98. The van der Waals surface area contributed by atoms with Gasteiger partial charge >= 0.3 is 0 Å². The zero-order valence-electron chi connectivity index (χ0n) is 23.5. The van der Waals surface area contributed by atoms with Crippen LogP contribution in [0, 0.1) is 5.41 Å². The largest absolute Gasteiger partial charge is 0.494 e. The van der Waals surface area contributed by atoms with Gasteiger partial charge in [0, 0.05) is 39.1 Å². The van der Waals surface area contributed by atoms with Gasteiger partial charge in [0.1, 0.15) is 16.5 Å². The zero-order chi connectivity index (χ0) is 28.1. The summed E-state index contributed by atoms with van der Waals surface area (Å²) < 4.78 is 22.8. The second kappa shape index (κ2) is 12.9. The average Bonchev–Trinajstić information content (AvgIpc) is 2.98. The second-order valence-corrected chi connectivity index (χ2v) is 12.5. The number of anilines is 3. The van der Waals surface area contributed by atoms with Gasteiger partial charge in [-0.25, -0.2) is 4.98 Å². The van der Waals surface area contributed by atoms with Crippen LogP contribution in [0.4, 0.5) is 17.3 Å². The summed E-state index contributed by atoms with van der Waals surface area (Å²) >= 11 is 6.41. The molecule has 11 heteroatoms. The number of hydrogen-bond acceptors (Lipinski definition) is 9. The number of nitrogens with one attached hydrogen (secondary N) is 1. The third-order valence-corrected chi connectivity index (χ3v) is 9.67. The first kappa shape index (κ1) is 28.8. The molecule has 0 bridgehead atoms. The number of aromatic nitrogens is 2. The summed E-state index contributed by atoms with van der Waals surface area (Å²) in [5, 5.41) is 4.33. The van der Waals surface area contributed by atoms with Crippen molar-refractivity contribution in [1.82, 2.24) is 14.9 Å². The van der Waals surface area contributed by atoms with Crippen LogP contribution in [0.15, 0.2) is 48.7 Å². The predicted octanol–water partition coefficient (Wildman–Crippen LogP) is 6.22. The van der Waals surface area contributed by atoms with Crippen molar-refractivity contribution in [2.45, 2.75) is 25.7 Å². The van der Waals surface area contributed by atoms with E-state index in [0.29, 0.717) is 22.9 Å². The number of para-hydroxylation sites is 1. The third kappa shape index (κ3) is 6.45. The molecule has 40 heavy (non-hydrogen) atoms. The van der Waals surface area contributed by atoms with Crippen LogP contribution in [0.5, 0.6) is 17.4 Å². The van der Waals surface area contributed by atoms with Crippen molar-refractivity contribution in [1.29, 1.82) is 0 Å².